The van der Waals surface area contributed by atoms with Crippen LogP contribution in [0.2, 0.25) is 0 Å². The van der Waals surface area contributed by atoms with Crippen LogP contribution in [0.3, 0.4) is 0 Å². The lowest BCUT2D eigenvalue weighted by Crippen LogP contribution is -2.04. The van der Waals surface area contributed by atoms with Crippen molar-refractivity contribution in [2.24, 2.45) is 0 Å². The van der Waals surface area contributed by atoms with E-state index in [0.717, 1.165) is 9.13 Å². The molecule has 0 radical (unpaired) electrons. The number of rotatable bonds is 2. The number of hydrogen-bond donors (Lipinski definition) is 2. The van der Waals surface area contributed by atoms with Crippen molar-refractivity contribution in [2.45, 2.75) is 6.92 Å². The van der Waals surface area contributed by atoms with Gasteiger partial charge in [0.25, 0.3) is 0 Å². The molecule has 2 rings (SSSR count). The minimum Gasteiger partial charge on any atom is -0.381 e. The van der Waals surface area contributed by atoms with Gasteiger partial charge < -0.3 is 11.1 Å². The first-order valence-electron chi connectivity index (χ1n) is 5.12. The molecule has 1 aromatic carbocycles. The summed E-state index contributed by atoms with van der Waals surface area (Å²) in [5.41, 5.74) is 6.95. The summed E-state index contributed by atoms with van der Waals surface area (Å²) in [5.74, 6) is -2.06. The molecule has 0 aliphatic heterocycles. The number of pyridine rings is 1. The zero-order chi connectivity index (χ0) is 13.3. The van der Waals surface area contributed by atoms with Gasteiger partial charge in [0.1, 0.15) is 0 Å². The molecule has 2 aromatic rings. The maximum Gasteiger partial charge on any atom is 0.169 e. The fraction of sp³-hybridized carbons (Fsp3) is 0.0833. The van der Waals surface area contributed by atoms with Crippen LogP contribution < -0.4 is 11.1 Å². The Morgan fingerprint density at radius 1 is 1.22 bits per heavy atom. The van der Waals surface area contributed by atoms with Gasteiger partial charge in [-0.15, -0.1) is 0 Å². The fourth-order valence-corrected chi connectivity index (χ4v) is 1.92. The second-order valence-corrected chi connectivity index (χ2v) is 5.02. The lowest BCUT2D eigenvalue weighted by molar-refractivity contribution is 0.581. The predicted molar refractivity (Wildman–Crippen MR) is 75.7 cm³/mol. The van der Waals surface area contributed by atoms with Gasteiger partial charge in [-0.3, -0.25) is 0 Å². The highest BCUT2D eigenvalue weighted by molar-refractivity contribution is 14.1. The van der Waals surface area contributed by atoms with Crippen molar-refractivity contribution < 1.29 is 8.78 Å². The van der Waals surface area contributed by atoms with Gasteiger partial charge in [0, 0.05) is 15.3 Å². The van der Waals surface area contributed by atoms with Crippen LogP contribution in [0.5, 0.6) is 0 Å². The van der Waals surface area contributed by atoms with E-state index >= 15 is 0 Å². The Balaban J connectivity index is 2.40. The third-order valence-corrected chi connectivity index (χ3v) is 3.08. The Morgan fingerprint density at radius 3 is 2.67 bits per heavy atom. The normalized spacial score (nSPS) is 10.4. The number of nitrogens with zero attached hydrogens (tertiary/aromatic N) is 1. The molecule has 0 saturated heterocycles. The second kappa shape index (κ2) is 5.05. The Kier molecular flexibility index (Phi) is 3.65. The minimum absolute atomic E-state index is 0.0843. The molecule has 18 heavy (non-hydrogen) atoms. The lowest BCUT2D eigenvalue weighted by atomic mass is 10.2. The van der Waals surface area contributed by atoms with Gasteiger partial charge >= 0.3 is 0 Å². The summed E-state index contributed by atoms with van der Waals surface area (Å²) in [4.78, 5) is 3.65. The zero-order valence-electron chi connectivity index (χ0n) is 9.47. The van der Waals surface area contributed by atoms with Gasteiger partial charge in [0.15, 0.2) is 23.3 Å². The highest BCUT2D eigenvalue weighted by Gasteiger charge is 2.10. The monoisotopic (exact) mass is 361 g/mol. The predicted octanol–water partition coefficient (Wildman–Crippen LogP) is 3.60. The molecule has 0 spiro atoms. The molecule has 94 valence electrons. The summed E-state index contributed by atoms with van der Waals surface area (Å²) >= 11 is 2.15. The first-order valence-corrected chi connectivity index (χ1v) is 6.20. The summed E-state index contributed by atoms with van der Waals surface area (Å²) in [7, 11) is 0. The van der Waals surface area contributed by atoms with Gasteiger partial charge in [0.2, 0.25) is 0 Å². The van der Waals surface area contributed by atoms with E-state index in [1.54, 1.807) is 0 Å². The topological polar surface area (TPSA) is 50.9 Å². The number of halogens is 3. The third kappa shape index (κ3) is 2.69. The van der Waals surface area contributed by atoms with Gasteiger partial charge in [-0.05, 0) is 47.2 Å². The van der Waals surface area contributed by atoms with Crippen molar-refractivity contribution in [1.82, 2.24) is 4.98 Å². The van der Waals surface area contributed by atoms with Crippen LogP contribution in [-0.2, 0) is 0 Å². The molecular weight excluding hydrogens is 351 g/mol. The van der Waals surface area contributed by atoms with E-state index in [9.17, 15) is 8.78 Å². The third-order valence-electron chi connectivity index (χ3n) is 2.41. The lowest BCUT2D eigenvalue weighted by Gasteiger charge is -2.10. The van der Waals surface area contributed by atoms with Gasteiger partial charge in [-0.1, -0.05) is 6.07 Å². The maximum absolute atomic E-state index is 13.5. The molecule has 0 fully saturated rings. The molecule has 6 heteroatoms. The van der Waals surface area contributed by atoms with E-state index in [2.05, 4.69) is 32.9 Å². The Labute approximate surface area is 117 Å². The van der Waals surface area contributed by atoms with E-state index in [0.29, 0.717) is 11.8 Å². The molecule has 1 aromatic heterocycles. The first kappa shape index (κ1) is 13.0. The smallest absolute Gasteiger partial charge is 0.169 e. The van der Waals surface area contributed by atoms with E-state index < -0.39 is 11.6 Å². The average molecular weight is 361 g/mol. The quantitative estimate of drug-likeness (QED) is 0.804. The number of aryl methyl sites for hydroxylation is 1. The number of benzene rings is 1. The van der Waals surface area contributed by atoms with Crippen molar-refractivity contribution in [1.29, 1.82) is 0 Å². The van der Waals surface area contributed by atoms with E-state index in [4.69, 9.17) is 5.73 Å². The van der Waals surface area contributed by atoms with Crippen LogP contribution >= 0.6 is 22.6 Å². The molecule has 0 bridgehead atoms. The number of hydrogen-bond acceptors (Lipinski definition) is 3. The first-order chi connectivity index (χ1) is 8.47. The molecule has 0 amide bonds. The molecule has 0 unspecified atom stereocenters. The summed E-state index contributed by atoms with van der Waals surface area (Å²) in [5, 5.41) is 2.81. The summed E-state index contributed by atoms with van der Waals surface area (Å²) < 4.78 is 27.5. The minimum atomic E-state index is -0.864. The molecule has 0 aliphatic carbocycles. The van der Waals surface area contributed by atoms with Crippen LogP contribution in [-0.4, -0.2) is 4.98 Å². The van der Waals surface area contributed by atoms with Crippen molar-refractivity contribution in [3.05, 3.63) is 45.0 Å². The van der Waals surface area contributed by atoms with Gasteiger partial charge in [-0.25, -0.2) is 13.8 Å². The van der Waals surface area contributed by atoms with E-state index in [1.165, 1.54) is 0 Å². The summed E-state index contributed by atoms with van der Waals surface area (Å²) in [6.07, 6.45) is 0. The van der Waals surface area contributed by atoms with Crippen LogP contribution in [0.15, 0.2) is 24.3 Å². The van der Waals surface area contributed by atoms with Crippen LogP contribution in [0, 0.1) is 22.1 Å². The summed E-state index contributed by atoms with van der Waals surface area (Å²) in [6.45, 7) is 1.88. The van der Waals surface area contributed by atoms with E-state index in [1.807, 2.05) is 25.1 Å². The number of nitrogens with two attached hydrogens (primary N) is 1. The Hall–Kier alpha value is -1.44. The molecule has 3 N–H and O–H groups in total. The van der Waals surface area contributed by atoms with Crippen molar-refractivity contribution in [2.75, 3.05) is 11.1 Å². The number of nitrogens with one attached hydrogen (secondary N) is 1. The fourth-order valence-electron chi connectivity index (χ4n) is 1.42. The largest absolute Gasteiger partial charge is 0.381 e. The van der Waals surface area contributed by atoms with Crippen molar-refractivity contribution >= 4 is 39.9 Å². The average Bonchev–Trinajstić information content (AvgIpc) is 2.30. The van der Waals surface area contributed by atoms with Crippen molar-refractivity contribution in [3.8, 4) is 0 Å². The highest BCUT2D eigenvalue weighted by atomic mass is 127. The molecule has 1 heterocycles. The van der Waals surface area contributed by atoms with E-state index in [-0.39, 0.29) is 11.6 Å². The highest BCUT2D eigenvalue weighted by Crippen LogP contribution is 2.24. The van der Waals surface area contributed by atoms with Crippen LogP contribution in [0.4, 0.5) is 26.1 Å². The Bertz CT molecular complexity index is 602. The molecule has 0 aliphatic rings. The Morgan fingerprint density at radius 2 is 1.94 bits per heavy atom. The van der Waals surface area contributed by atoms with Crippen molar-refractivity contribution in [3.63, 3.8) is 0 Å². The molecular formula is C12H10F2IN3. The SMILES string of the molecule is Cc1ccc(I)cc1Nc1nc(N)c(F)cc1F. The molecule has 0 atom stereocenters. The zero-order valence-corrected chi connectivity index (χ0v) is 11.6. The van der Waals surface area contributed by atoms with Crippen LogP contribution in [0.1, 0.15) is 5.56 Å². The number of aromatic nitrogens is 1. The molecule has 0 saturated carbocycles. The second-order valence-electron chi connectivity index (χ2n) is 3.77. The molecule has 3 nitrogen and oxygen atoms in total. The summed E-state index contributed by atoms with van der Waals surface area (Å²) in [6, 6.07) is 6.39. The van der Waals surface area contributed by atoms with Gasteiger partial charge in [-0.2, -0.15) is 0 Å². The number of nitrogen functional groups attached to an aromatic ring is 1. The standard InChI is InChI=1S/C12H10F2IN3/c1-6-2-3-7(15)4-10(6)17-12-9(14)5-8(13)11(16)18-12/h2-5H,1H3,(H3,16,17,18). The van der Waals surface area contributed by atoms with Gasteiger partial charge in [0.05, 0.1) is 0 Å². The number of anilines is 3. The van der Waals surface area contributed by atoms with Crippen LogP contribution in [0.25, 0.3) is 0 Å². The maximum atomic E-state index is 13.5.